The average Bonchev–Trinajstić information content (AvgIpc) is 2.24. The molecule has 0 heterocycles. The quantitative estimate of drug-likeness (QED) is 0.690. The van der Waals surface area contributed by atoms with Crippen LogP contribution in [0.15, 0.2) is 24.3 Å². The second-order valence-electron chi connectivity index (χ2n) is 3.64. The highest BCUT2D eigenvalue weighted by molar-refractivity contribution is 9.09. The number of rotatable bonds is 6. The molecule has 1 rings (SSSR count). The standard InChI is InChI=1S/C12H16BrClS/c1-15-6-5-11(9-13)7-10-3-2-4-12(14)8-10/h2-4,8,11H,5-7,9H2,1H3. The van der Waals surface area contributed by atoms with Crippen LogP contribution in [-0.2, 0) is 6.42 Å². The predicted molar refractivity (Wildman–Crippen MR) is 75.4 cm³/mol. The first kappa shape index (κ1) is 13.4. The second kappa shape index (κ2) is 7.59. The minimum atomic E-state index is 0.718. The van der Waals surface area contributed by atoms with Crippen molar-refractivity contribution in [1.82, 2.24) is 0 Å². The van der Waals surface area contributed by atoms with Crippen molar-refractivity contribution in [3.05, 3.63) is 34.9 Å². The zero-order valence-electron chi connectivity index (χ0n) is 8.88. The summed E-state index contributed by atoms with van der Waals surface area (Å²) < 4.78 is 0. The molecule has 1 unspecified atom stereocenters. The molecule has 1 aromatic carbocycles. The van der Waals surface area contributed by atoms with Gasteiger partial charge in [-0.3, -0.25) is 0 Å². The van der Waals surface area contributed by atoms with Crippen molar-refractivity contribution in [2.24, 2.45) is 5.92 Å². The zero-order valence-corrected chi connectivity index (χ0v) is 12.0. The van der Waals surface area contributed by atoms with Crippen molar-refractivity contribution >= 4 is 39.3 Å². The molecule has 15 heavy (non-hydrogen) atoms. The third-order valence-electron chi connectivity index (χ3n) is 2.36. The van der Waals surface area contributed by atoms with E-state index in [1.54, 1.807) is 0 Å². The lowest BCUT2D eigenvalue weighted by Gasteiger charge is -2.13. The van der Waals surface area contributed by atoms with E-state index >= 15 is 0 Å². The van der Waals surface area contributed by atoms with Crippen LogP contribution in [0.1, 0.15) is 12.0 Å². The van der Waals surface area contributed by atoms with Gasteiger partial charge in [-0.15, -0.1) is 0 Å². The van der Waals surface area contributed by atoms with E-state index in [-0.39, 0.29) is 0 Å². The van der Waals surface area contributed by atoms with Gasteiger partial charge in [0.2, 0.25) is 0 Å². The largest absolute Gasteiger partial charge is 0.165 e. The fourth-order valence-electron chi connectivity index (χ4n) is 1.52. The Morgan fingerprint density at radius 3 is 2.87 bits per heavy atom. The van der Waals surface area contributed by atoms with Crippen LogP contribution in [0.2, 0.25) is 5.02 Å². The fraction of sp³-hybridized carbons (Fsp3) is 0.500. The molecule has 0 bridgehead atoms. The first-order valence-corrected chi connectivity index (χ1v) is 7.95. The molecule has 84 valence electrons. The van der Waals surface area contributed by atoms with Crippen LogP contribution in [-0.4, -0.2) is 17.3 Å². The molecule has 0 saturated heterocycles. The number of benzene rings is 1. The van der Waals surface area contributed by atoms with E-state index in [9.17, 15) is 0 Å². The van der Waals surface area contributed by atoms with E-state index in [1.807, 2.05) is 23.9 Å². The van der Waals surface area contributed by atoms with Crippen molar-refractivity contribution in [2.75, 3.05) is 17.3 Å². The Morgan fingerprint density at radius 2 is 2.27 bits per heavy atom. The SMILES string of the molecule is CSCCC(CBr)Cc1cccc(Cl)c1. The van der Waals surface area contributed by atoms with Crippen LogP contribution in [0.3, 0.4) is 0 Å². The molecule has 0 aliphatic heterocycles. The summed E-state index contributed by atoms with van der Waals surface area (Å²) in [5.41, 5.74) is 1.34. The molecule has 0 radical (unpaired) electrons. The van der Waals surface area contributed by atoms with Gasteiger partial charge in [-0.1, -0.05) is 39.7 Å². The van der Waals surface area contributed by atoms with Crippen LogP contribution >= 0.6 is 39.3 Å². The monoisotopic (exact) mass is 306 g/mol. The van der Waals surface area contributed by atoms with Gasteiger partial charge in [0.25, 0.3) is 0 Å². The smallest absolute Gasteiger partial charge is 0.0408 e. The highest BCUT2D eigenvalue weighted by atomic mass is 79.9. The summed E-state index contributed by atoms with van der Waals surface area (Å²) in [7, 11) is 0. The molecule has 1 atom stereocenters. The molecular formula is C12H16BrClS. The first-order valence-electron chi connectivity index (χ1n) is 5.05. The van der Waals surface area contributed by atoms with Crippen molar-refractivity contribution in [3.8, 4) is 0 Å². The Labute approximate surface area is 110 Å². The van der Waals surface area contributed by atoms with Crippen molar-refractivity contribution in [1.29, 1.82) is 0 Å². The van der Waals surface area contributed by atoms with Gasteiger partial charge in [-0.25, -0.2) is 0 Å². The van der Waals surface area contributed by atoms with Crippen LogP contribution < -0.4 is 0 Å². The molecule has 0 nitrogen and oxygen atoms in total. The van der Waals surface area contributed by atoms with Gasteiger partial charge in [0, 0.05) is 10.4 Å². The molecule has 0 saturated carbocycles. The molecule has 0 spiro atoms. The van der Waals surface area contributed by atoms with Crippen molar-refractivity contribution in [3.63, 3.8) is 0 Å². The maximum Gasteiger partial charge on any atom is 0.0408 e. The highest BCUT2D eigenvalue weighted by Crippen LogP contribution is 2.19. The van der Waals surface area contributed by atoms with E-state index in [4.69, 9.17) is 11.6 Å². The van der Waals surface area contributed by atoms with Crippen LogP contribution in [0.25, 0.3) is 0 Å². The molecule has 0 aliphatic carbocycles. The van der Waals surface area contributed by atoms with E-state index in [1.165, 1.54) is 17.7 Å². The normalized spacial score (nSPS) is 12.7. The average molecular weight is 308 g/mol. The van der Waals surface area contributed by atoms with Crippen LogP contribution in [0.5, 0.6) is 0 Å². The summed E-state index contributed by atoms with van der Waals surface area (Å²) in [4.78, 5) is 0. The van der Waals surface area contributed by atoms with Gasteiger partial charge in [0.15, 0.2) is 0 Å². The van der Waals surface area contributed by atoms with Crippen molar-refractivity contribution in [2.45, 2.75) is 12.8 Å². The van der Waals surface area contributed by atoms with Gasteiger partial charge in [0.05, 0.1) is 0 Å². The molecular weight excluding hydrogens is 292 g/mol. The Hall–Kier alpha value is 0.340. The third-order valence-corrected chi connectivity index (χ3v) is 4.16. The molecule has 0 N–H and O–H groups in total. The Morgan fingerprint density at radius 1 is 1.47 bits per heavy atom. The summed E-state index contributed by atoms with van der Waals surface area (Å²) in [5, 5.41) is 1.91. The summed E-state index contributed by atoms with van der Waals surface area (Å²) >= 11 is 11.5. The number of hydrogen-bond donors (Lipinski definition) is 0. The van der Waals surface area contributed by atoms with Gasteiger partial charge in [-0.2, -0.15) is 11.8 Å². The molecule has 0 aliphatic rings. The molecule has 3 heteroatoms. The van der Waals surface area contributed by atoms with Gasteiger partial charge < -0.3 is 0 Å². The minimum absolute atomic E-state index is 0.718. The number of thioether (sulfide) groups is 1. The van der Waals surface area contributed by atoms with Crippen molar-refractivity contribution < 1.29 is 0 Å². The second-order valence-corrected chi connectivity index (χ2v) is 5.71. The number of alkyl halides is 1. The van der Waals surface area contributed by atoms with Gasteiger partial charge in [0.1, 0.15) is 0 Å². The van der Waals surface area contributed by atoms with E-state index in [2.05, 4.69) is 34.3 Å². The zero-order chi connectivity index (χ0) is 11.1. The summed E-state index contributed by atoms with van der Waals surface area (Å²) in [6, 6.07) is 8.17. The van der Waals surface area contributed by atoms with Crippen LogP contribution in [0, 0.1) is 5.92 Å². The maximum atomic E-state index is 5.96. The van der Waals surface area contributed by atoms with E-state index < -0.39 is 0 Å². The molecule has 0 fully saturated rings. The molecule has 1 aromatic rings. The predicted octanol–water partition coefficient (Wildman–Crippen LogP) is 4.65. The maximum absolute atomic E-state index is 5.96. The summed E-state index contributed by atoms with van der Waals surface area (Å²) in [6.45, 7) is 0. The topological polar surface area (TPSA) is 0 Å². The number of halogens is 2. The molecule has 0 aromatic heterocycles. The lowest BCUT2D eigenvalue weighted by atomic mass is 9.99. The Balaban J connectivity index is 2.50. The van der Waals surface area contributed by atoms with E-state index in [0.717, 1.165) is 22.7 Å². The highest BCUT2D eigenvalue weighted by Gasteiger charge is 2.08. The molecule has 0 amide bonds. The lowest BCUT2D eigenvalue weighted by Crippen LogP contribution is -2.07. The Kier molecular flexibility index (Phi) is 6.78. The summed E-state index contributed by atoms with van der Waals surface area (Å²) in [6.07, 6.45) is 4.54. The minimum Gasteiger partial charge on any atom is -0.165 e. The Bertz CT molecular complexity index is 291. The summed E-state index contributed by atoms with van der Waals surface area (Å²) in [5.74, 6) is 1.95. The lowest BCUT2D eigenvalue weighted by molar-refractivity contribution is 0.579. The first-order chi connectivity index (χ1) is 7.26. The van der Waals surface area contributed by atoms with E-state index in [0.29, 0.717) is 0 Å². The fourth-order valence-corrected chi connectivity index (χ4v) is 2.85. The van der Waals surface area contributed by atoms with Gasteiger partial charge in [-0.05, 0) is 48.5 Å². The third kappa shape index (κ3) is 5.28. The van der Waals surface area contributed by atoms with Crippen LogP contribution in [0.4, 0.5) is 0 Å². The number of hydrogen-bond acceptors (Lipinski definition) is 1. The van der Waals surface area contributed by atoms with Gasteiger partial charge >= 0.3 is 0 Å².